The Morgan fingerprint density at radius 2 is 2.05 bits per heavy atom. The van der Waals surface area contributed by atoms with Crippen LogP contribution in [0.4, 0.5) is 13.2 Å². The van der Waals surface area contributed by atoms with Gasteiger partial charge in [-0.2, -0.15) is 13.2 Å². The van der Waals surface area contributed by atoms with Crippen LogP contribution in [-0.2, 0) is 0 Å². The van der Waals surface area contributed by atoms with Gasteiger partial charge in [-0.3, -0.25) is 4.98 Å². The first-order valence-corrected chi connectivity index (χ1v) is 6.81. The molecule has 0 aliphatic rings. The number of hydrogen-bond donors (Lipinski definition) is 0. The molecule has 2 nitrogen and oxygen atoms in total. The third-order valence-corrected chi connectivity index (χ3v) is 3.07. The minimum Gasteiger partial charge on any atom is -0.264 e. The molecular formula is C14H13Cl2F3N2. The fraction of sp³-hybridized carbons (Fsp3) is 0.286. The van der Waals surface area contributed by atoms with Crippen LogP contribution in [0.25, 0.3) is 0 Å². The number of rotatable bonds is 4. The largest absolute Gasteiger partial charge is 0.420 e. The molecule has 21 heavy (non-hydrogen) atoms. The van der Waals surface area contributed by atoms with Gasteiger partial charge in [-0.25, -0.2) is 4.99 Å². The third-order valence-electron chi connectivity index (χ3n) is 2.46. The van der Waals surface area contributed by atoms with E-state index in [2.05, 4.69) is 9.98 Å². The number of alkyl halides is 3. The van der Waals surface area contributed by atoms with E-state index in [4.69, 9.17) is 23.2 Å². The van der Waals surface area contributed by atoms with E-state index in [-0.39, 0.29) is 0 Å². The maximum absolute atomic E-state index is 13.0. The Morgan fingerprint density at radius 3 is 2.52 bits per heavy atom. The summed E-state index contributed by atoms with van der Waals surface area (Å²) in [7, 11) is 0. The maximum atomic E-state index is 13.0. The van der Waals surface area contributed by atoms with Gasteiger partial charge in [-0.05, 0) is 19.4 Å². The van der Waals surface area contributed by atoms with Crippen molar-refractivity contribution in [2.24, 2.45) is 4.99 Å². The Labute approximate surface area is 131 Å². The molecule has 0 bridgehead atoms. The quantitative estimate of drug-likeness (QED) is 0.408. The van der Waals surface area contributed by atoms with Crippen molar-refractivity contribution in [1.82, 2.24) is 4.98 Å². The molecule has 114 valence electrons. The molecule has 0 fully saturated rings. The van der Waals surface area contributed by atoms with Crippen molar-refractivity contribution in [1.29, 1.82) is 0 Å². The van der Waals surface area contributed by atoms with E-state index < -0.39 is 21.9 Å². The van der Waals surface area contributed by atoms with Crippen LogP contribution in [0.1, 0.15) is 25.8 Å². The SMILES string of the molecule is CC/C=C(Cl)/C(=C(Cl)\N=C(/C)c1cccnc1)C(F)(F)F. The van der Waals surface area contributed by atoms with Crippen molar-refractivity contribution in [2.45, 2.75) is 26.4 Å². The van der Waals surface area contributed by atoms with E-state index in [9.17, 15) is 13.2 Å². The molecule has 0 amide bonds. The number of aromatic nitrogens is 1. The lowest BCUT2D eigenvalue weighted by atomic mass is 10.2. The zero-order valence-corrected chi connectivity index (χ0v) is 12.9. The first kappa shape index (κ1) is 17.7. The first-order chi connectivity index (χ1) is 9.77. The molecule has 0 N–H and O–H groups in total. The number of halogens is 5. The van der Waals surface area contributed by atoms with Crippen LogP contribution in [0.5, 0.6) is 0 Å². The minimum atomic E-state index is -4.68. The highest BCUT2D eigenvalue weighted by molar-refractivity contribution is 6.36. The predicted octanol–water partition coefficient (Wildman–Crippen LogP) is 5.44. The fourth-order valence-electron chi connectivity index (χ4n) is 1.48. The molecule has 0 atom stereocenters. The normalized spacial score (nSPS) is 15.0. The van der Waals surface area contributed by atoms with Crippen LogP contribution in [0.15, 0.2) is 51.4 Å². The highest BCUT2D eigenvalue weighted by atomic mass is 35.5. The Morgan fingerprint density at radius 1 is 1.38 bits per heavy atom. The Hall–Kier alpha value is -1.33. The molecule has 0 saturated carbocycles. The van der Waals surface area contributed by atoms with Gasteiger partial charge in [0.1, 0.15) is 10.7 Å². The van der Waals surface area contributed by atoms with E-state index >= 15 is 0 Å². The summed E-state index contributed by atoms with van der Waals surface area (Å²) in [4.78, 5) is 7.67. The van der Waals surface area contributed by atoms with Crippen molar-refractivity contribution in [3.05, 3.63) is 51.9 Å². The van der Waals surface area contributed by atoms with Crippen LogP contribution in [0, 0.1) is 0 Å². The Kier molecular flexibility index (Phi) is 6.42. The van der Waals surface area contributed by atoms with Crippen molar-refractivity contribution in [2.75, 3.05) is 0 Å². The Balaban J connectivity index is 3.32. The molecule has 0 saturated heterocycles. The predicted molar refractivity (Wildman–Crippen MR) is 79.6 cm³/mol. The van der Waals surface area contributed by atoms with Gasteiger partial charge in [-0.1, -0.05) is 42.3 Å². The third kappa shape index (κ3) is 5.17. The molecule has 1 aromatic heterocycles. The summed E-state index contributed by atoms with van der Waals surface area (Å²) in [5.74, 6) is 0. The molecule has 1 heterocycles. The topological polar surface area (TPSA) is 25.2 Å². The van der Waals surface area contributed by atoms with Gasteiger partial charge in [0.05, 0.1) is 5.03 Å². The lowest BCUT2D eigenvalue weighted by molar-refractivity contribution is -0.0890. The molecule has 0 aliphatic carbocycles. The van der Waals surface area contributed by atoms with E-state index in [0.717, 1.165) is 0 Å². The van der Waals surface area contributed by atoms with Crippen LogP contribution < -0.4 is 0 Å². The standard InChI is InChI=1S/C14H13Cl2F3N2/c1-3-5-11(15)12(14(17,18)19)13(16)21-9(2)10-6-4-7-20-8-10/h4-8H,3H2,1-2H3/b11-5-,13-12+,21-9+. The summed E-state index contributed by atoms with van der Waals surface area (Å²) in [5.41, 5.74) is -0.250. The van der Waals surface area contributed by atoms with Crippen molar-refractivity contribution in [3.63, 3.8) is 0 Å². The van der Waals surface area contributed by atoms with Gasteiger partial charge in [0.25, 0.3) is 0 Å². The Bertz CT molecular complexity index is 576. The summed E-state index contributed by atoms with van der Waals surface area (Å²) in [6.07, 6.45) is -0.0515. The minimum absolute atomic E-state index is 0.316. The average Bonchev–Trinajstić information content (AvgIpc) is 2.38. The molecule has 1 aromatic rings. The first-order valence-electron chi connectivity index (χ1n) is 6.06. The van der Waals surface area contributed by atoms with Crippen LogP contribution >= 0.6 is 23.2 Å². The number of aliphatic imine (C=N–C) groups is 1. The second kappa shape index (κ2) is 7.61. The molecule has 1 rings (SSSR count). The fourth-order valence-corrected chi connectivity index (χ4v) is 2.21. The van der Waals surface area contributed by atoms with E-state index in [0.29, 0.717) is 17.7 Å². The lowest BCUT2D eigenvalue weighted by Gasteiger charge is -2.12. The smallest absolute Gasteiger partial charge is 0.264 e. The molecule has 0 spiro atoms. The summed E-state index contributed by atoms with van der Waals surface area (Å²) in [6, 6.07) is 3.33. The number of allylic oxidation sites excluding steroid dienone is 3. The van der Waals surface area contributed by atoms with Gasteiger partial charge in [-0.15, -0.1) is 0 Å². The maximum Gasteiger partial charge on any atom is 0.420 e. The number of nitrogens with zero attached hydrogens (tertiary/aromatic N) is 2. The molecule has 0 aliphatic heterocycles. The summed E-state index contributed by atoms with van der Waals surface area (Å²) in [6.45, 7) is 3.22. The van der Waals surface area contributed by atoms with Crippen molar-refractivity contribution < 1.29 is 13.2 Å². The second-order valence-electron chi connectivity index (χ2n) is 4.06. The van der Waals surface area contributed by atoms with E-state index in [1.165, 1.54) is 12.3 Å². The summed E-state index contributed by atoms with van der Waals surface area (Å²) >= 11 is 11.4. The van der Waals surface area contributed by atoms with Gasteiger partial charge in [0.2, 0.25) is 0 Å². The van der Waals surface area contributed by atoms with E-state index in [1.807, 2.05) is 0 Å². The van der Waals surface area contributed by atoms with Gasteiger partial charge < -0.3 is 0 Å². The van der Waals surface area contributed by atoms with Crippen LogP contribution in [0.2, 0.25) is 0 Å². The molecular weight excluding hydrogens is 324 g/mol. The van der Waals surface area contributed by atoms with Gasteiger partial charge >= 0.3 is 6.18 Å². The van der Waals surface area contributed by atoms with Crippen molar-refractivity contribution >= 4 is 28.9 Å². The molecule has 0 radical (unpaired) electrons. The molecule has 0 unspecified atom stereocenters. The summed E-state index contributed by atoms with van der Waals surface area (Å²) < 4.78 is 39.1. The highest BCUT2D eigenvalue weighted by Crippen LogP contribution is 2.37. The second-order valence-corrected chi connectivity index (χ2v) is 4.83. The summed E-state index contributed by atoms with van der Waals surface area (Å²) in [5, 5.41) is -1.16. The lowest BCUT2D eigenvalue weighted by Crippen LogP contribution is -2.14. The number of pyridine rings is 1. The zero-order chi connectivity index (χ0) is 16.0. The van der Waals surface area contributed by atoms with Crippen LogP contribution in [0.3, 0.4) is 0 Å². The van der Waals surface area contributed by atoms with Crippen molar-refractivity contribution in [3.8, 4) is 0 Å². The monoisotopic (exact) mass is 336 g/mol. The highest BCUT2D eigenvalue weighted by Gasteiger charge is 2.38. The van der Waals surface area contributed by atoms with Crippen LogP contribution in [-0.4, -0.2) is 16.9 Å². The average molecular weight is 337 g/mol. The number of hydrogen-bond acceptors (Lipinski definition) is 2. The van der Waals surface area contributed by atoms with Gasteiger partial charge in [0.15, 0.2) is 0 Å². The van der Waals surface area contributed by atoms with Gasteiger partial charge in [0, 0.05) is 23.7 Å². The van der Waals surface area contributed by atoms with E-state index in [1.54, 1.807) is 32.2 Å². The molecule has 7 heteroatoms. The zero-order valence-electron chi connectivity index (χ0n) is 11.4. The molecule has 0 aromatic carbocycles.